The number of hydrogen-bond donors (Lipinski definition) is 0. The first-order chi connectivity index (χ1) is 50.0. The molecule has 0 aliphatic heterocycles. The van der Waals surface area contributed by atoms with Gasteiger partial charge in [-0.2, -0.15) is 0 Å². The van der Waals surface area contributed by atoms with E-state index < -0.39 is 26.5 Å². The van der Waals surface area contributed by atoms with E-state index in [4.69, 9.17) is 18.5 Å². The number of quaternary nitrogens is 1. The molecule has 0 fully saturated rings. The van der Waals surface area contributed by atoms with Gasteiger partial charge in [-0.15, -0.1) is 0 Å². The van der Waals surface area contributed by atoms with Crippen molar-refractivity contribution >= 4 is 19.8 Å². The van der Waals surface area contributed by atoms with Crippen LogP contribution in [0.4, 0.5) is 0 Å². The summed E-state index contributed by atoms with van der Waals surface area (Å²) >= 11 is 0. The van der Waals surface area contributed by atoms with Crippen LogP contribution < -0.4 is 4.89 Å². The van der Waals surface area contributed by atoms with Gasteiger partial charge in [0.1, 0.15) is 19.8 Å². The molecule has 0 saturated carbocycles. The number of allylic oxidation sites excluding steroid dienone is 32. The van der Waals surface area contributed by atoms with Crippen LogP contribution in [-0.2, 0) is 32.7 Å². The van der Waals surface area contributed by atoms with E-state index in [0.717, 1.165) is 148 Å². The third-order valence-corrected chi connectivity index (χ3v) is 18.1. The highest BCUT2D eigenvalue weighted by molar-refractivity contribution is 7.45. The van der Waals surface area contributed by atoms with Crippen molar-refractivity contribution < 1.29 is 42.1 Å². The lowest BCUT2D eigenvalue weighted by atomic mass is 10.0. The molecule has 0 radical (unpaired) electrons. The number of likely N-dealkylation sites (N-methyl/N-ethyl adjacent to an activating group) is 1. The lowest BCUT2D eigenvalue weighted by Gasteiger charge is -2.28. The van der Waals surface area contributed by atoms with E-state index in [2.05, 4.69) is 208 Å². The molecule has 0 aromatic carbocycles. The van der Waals surface area contributed by atoms with Crippen molar-refractivity contribution in [2.75, 3.05) is 47.5 Å². The maximum atomic E-state index is 12.9. The summed E-state index contributed by atoms with van der Waals surface area (Å²) in [4.78, 5) is 38.2. The molecular weight excluding hydrogens is 1280 g/mol. The summed E-state index contributed by atoms with van der Waals surface area (Å²) in [7, 11) is 1.15. The number of carbonyl (C=O) groups is 2. The second-order valence-corrected chi connectivity index (χ2v) is 29.4. The van der Waals surface area contributed by atoms with Crippen LogP contribution in [0, 0.1) is 0 Å². The number of nitrogens with zero attached hydrogens (tertiary/aromatic N) is 1. The molecule has 0 rings (SSSR count). The summed E-state index contributed by atoms with van der Waals surface area (Å²) in [5, 5.41) is 0. The van der Waals surface area contributed by atoms with Gasteiger partial charge in [-0.25, -0.2) is 0 Å². The maximum absolute atomic E-state index is 12.9. The first-order valence-electron chi connectivity index (χ1n) is 41.1. The number of phosphoric ester groups is 1. The molecule has 2 atom stereocenters. The Kier molecular flexibility index (Phi) is 75.9. The lowest BCUT2D eigenvalue weighted by molar-refractivity contribution is -0.870. The molecule has 0 amide bonds. The fourth-order valence-corrected chi connectivity index (χ4v) is 11.7. The largest absolute Gasteiger partial charge is 0.756 e. The molecule has 0 saturated heterocycles. The fourth-order valence-electron chi connectivity index (χ4n) is 10.9. The zero-order chi connectivity index (χ0) is 74.0. The minimum atomic E-state index is -4.66. The van der Waals surface area contributed by atoms with Crippen molar-refractivity contribution in [1.29, 1.82) is 0 Å². The van der Waals surface area contributed by atoms with Crippen molar-refractivity contribution in [1.82, 2.24) is 0 Å². The topological polar surface area (TPSA) is 111 Å². The van der Waals surface area contributed by atoms with Crippen LogP contribution in [0.15, 0.2) is 194 Å². The van der Waals surface area contributed by atoms with Gasteiger partial charge in [-0.3, -0.25) is 14.2 Å². The summed E-state index contributed by atoms with van der Waals surface area (Å²) in [6, 6.07) is 0. The standard InChI is InChI=1S/C92H152NO8P/c1-6-8-10-12-14-16-18-20-22-24-26-28-30-32-34-36-38-40-42-44-46-48-50-52-54-56-58-60-62-64-66-68-70-72-74-76-78-80-82-84-91(94)98-88-90(89-100-102(96,97)99-87-86-93(3,4)5)101-92(95)85-83-81-79-77-75-73-71-69-67-65-63-61-59-57-55-53-51-49-47-45-43-41-39-37-35-33-31-29-27-25-23-21-19-17-15-13-11-9-7-2/h8-11,14-17,20-23,26-29,32-35,38-41,45,47,51,53,57,59,63,65,90H,6-7,12-13,18-19,24-25,30-31,36-37,42-44,46,48-50,52,54-56,58,60-62,64,66-89H2,1-5H3/b10-8-,11-9-,16-14-,17-15-,22-20-,23-21-,28-26-,29-27-,34-32-,35-33-,40-38-,41-39-,47-45-,53-51-,59-57-,65-63-. The molecule has 10 heteroatoms. The Morgan fingerprint density at radius 1 is 0.304 bits per heavy atom. The Morgan fingerprint density at radius 3 is 0.784 bits per heavy atom. The quantitative estimate of drug-likeness (QED) is 0.0195. The highest BCUT2D eigenvalue weighted by Crippen LogP contribution is 2.38. The van der Waals surface area contributed by atoms with Gasteiger partial charge in [-0.05, 0) is 141 Å². The Balaban J connectivity index is 4.03. The monoisotopic (exact) mass is 1430 g/mol. The van der Waals surface area contributed by atoms with Crippen molar-refractivity contribution in [2.24, 2.45) is 0 Å². The fraction of sp³-hybridized carbons (Fsp3) is 0.630. The van der Waals surface area contributed by atoms with Crippen LogP contribution in [-0.4, -0.2) is 70.0 Å². The van der Waals surface area contributed by atoms with Gasteiger partial charge in [-0.1, -0.05) is 362 Å². The number of unbranched alkanes of at least 4 members (excludes halogenated alkanes) is 28. The van der Waals surface area contributed by atoms with Gasteiger partial charge in [0.2, 0.25) is 0 Å². The normalized spacial score (nSPS) is 14.1. The van der Waals surface area contributed by atoms with E-state index in [0.29, 0.717) is 17.4 Å². The predicted molar refractivity (Wildman–Crippen MR) is 442 cm³/mol. The lowest BCUT2D eigenvalue weighted by Crippen LogP contribution is -2.37. The van der Waals surface area contributed by atoms with Crippen molar-refractivity contribution in [3.63, 3.8) is 0 Å². The minimum absolute atomic E-state index is 0.0400. The second-order valence-electron chi connectivity index (χ2n) is 28.0. The van der Waals surface area contributed by atoms with Crippen molar-refractivity contribution in [2.45, 2.75) is 328 Å². The number of rotatable bonds is 74. The van der Waals surface area contributed by atoms with Gasteiger partial charge in [0, 0.05) is 12.8 Å². The number of phosphoric acid groups is 1. The first kappa shape index (κ1) is 96.8. The van der Waals surface area contributed by atoms with Crippen molar-refractivity contribution in [3.05, 3.63) is 194 Å². The van der Waals surface area contributed by atoms with Crippen molar-refractivity contribution in [3.8, 4) is 0 Å². The van der Waals surface area contributed by atoms with Crippen LogP contribution in [0.5, 0.6) is 0 Å². The summed E-state index contributed by atoms with van der Waals surface area (Å²) in [5.41, 5.74) is 0. The molecule has 0 bridgehead atoms. The molecule has 0 heterocycles. The molecule has 0 aromatic rings. The molecule has 578 valence electrons. The van der Waals surface area contributed by atoms with Crippen LogP contribution >= 0.6 is 7.82 Å². The SMILES string of the molecule is CC/C=C\C/C=C\C/C=C\C/C=C\C/C=C\C/C=C\C/C=C\C/C=C\C/C=C\C/C=C\CCCCCCCCCCC(=O)OC(COC(=O)CCCCCCCCCCCCCCCCCCCCCC/C=C\C/C=C\C/C=C\C/C=C\C/C=C\C/C=C\CC)COP(=O)([O-])OCC[N+](C)(C)C. The molecule has 102 heavy (non-hydrogen) atoms. The zero-order valence-corrected chi connectivity index (χ0v) is 66.9. The summed E-state index contributed by atoms with van der Waals surface area (Å²) in [6.07, 6.45) is 124. The summed E-state index contributed by atoms with van der Waals surface area (Å²) in [5.74, 6) is -0.844. The van der Waals surface area contributed by atoms with Crippen LogP contribution in [0.25, 0.3) is 0 Å². The smallest absolute Gasteiger partial charge is 0.306 e. The molecule has 0 aliphatic rings. The minimum Gasteiger partial charge on any atom is -0.756 e. The zero-order valence-electron chi connectivity index (χ0n) is 66.0. The first-order valence-corrected chi connectivity index (χ1v) is 42.6. The van der Waals surface area contributed by atoms with E-state index >= 15 is 0 Å². The Labute approximate surface area is 628 Å². The van der Waals surface area contributed by atoms with Crippen LogP contribution in [0.2, 0.25) is 0 Å². The highest BCUT2D eigenvalue weighted by atomic mass is 31.2. The summed E-state index contributed by atoms with van der Waals surface area (Å²) in [6.45, 7) is 4.01. The number of esters is 2. The summed E-state index contributed by atoms with van der Waals surface area (Å²) < 4.78 is 34.4. The second kappa shape index (κ2) is 80.0. The van der Waals surface area contributed by atoms with E-state index in [1.54, 1.807) is 0 Å². The predicted octanol–water partition coefficient (Wildman–Crippen LogP) is 27.3. The Hall–Kier alpha value is -5.15. The van der Waals surface area contributed by atoms with Gasteiger partial charge < -0.3 is 27.9 Å². The molecule has 0 spiro atoms. The number of carbonyl (C=O) groups excluding carboxylic acids is 2. The van der Waals surface area contributed by atoms with E-state index in [1.807, 2.05) is 21.1 Å². The van der Waals surface area contributed by atoms with E-state index in [-0.39, 0.29) is 32.0 Å². The average Bonchev–Trinajstić information content (AvgIpc) is 0.914. The highest BCUT2D eigenvalue weighted by Gasteiger charge is 2.22. The van der Waals surface area contributed by atoms with Gasteiger partial charge in [0.15, 0.2) is 6.10 Å². The molecule has 0 N–H and O–H groups in total. The van der Waals surface area contributed by atoms with E-state index in [1.165, 1.54) is 141 Å². The Morgan fingerprint density at radius 2 is 0.529 bits per heavy atom. The van der Waals surface area contributed by atoms with E-state index in [9.17, 15) is 19.0 Å². The molecule has 0 aromatic heterocycles. The number of ether oxygens (including phenoxy) is 2. The third kappa shape index (κ3) is 83.8. The van der Waals surface area contributed by atoms with Gasteiger partial charge >= 0.3 is 11.9 Å². The molecular formula is C92H152NO8P. The average molecular weight is 1430 g/mol. The molecule has 0 aliphatic carbocycles. The van der Waals surface area contributed by atoms with Crippen LogP contribution in [0.1, 0.15) is 322 Å². The molecule has 9 nitrogen and oxygen atoms in total. The van der Waals surface area contributed by atoms with Crippen LogP contribution in [0.3, 0.4) is 0 Å². The van der Waals surface area contributed by atoms with Gasteiger partial charge in [0.25, 0.3) is 7.82 Å². The number of hydrogen-bond acceptors (Lipinski definition) is 8. The third-order valence-electron chi connectivity index (χ3n) is 17.1. The molecule has 2 unspecified atom stereocenters. The Bertz CT molecular complexity index is 2440. The maximum Gasteiger partial charge on any atom is 0.306 e. The van der Waals surface area contributed by atoms with Gasteiger partial charge in [0.05, 0.1) is 27.7 Å².